The van der Waals surface area contributed by atoms with Gasteiger partial charge < -0.3 is 24.8 Å². The Morgan fingerprint density at radius 1 is 0.857 bits per heavy atom. The van der Waals surface area contributed by atoms with Crippen molar-refractivity contribution in [2.24, 2.45) is 0 Å². The van der Waals surface area contributed by atoms with Gasteiger partial charge in [0.15, 0.2) is 0 Å². The van der Waals surface area contributed by atoms with Crippen molar-refractivity contribution >= 4 is 53.0 Å². The largest absolute Gasteiger partial charge is 0.478 e. The Labute approximate surface area is 181 Å². The summed E-state index contributed by atoms with van der Waals surface area (Å²) >= 11 is 6.17. The number of thioether (sulfide) groups is 4. The molecule has 0 bridgehead atoms. The van der Waals surface area contributed by atoms with Crippen LogP contribution in [0.15, 0.2) is 19.6 Å². The number of aromatic carboxylic acids is 1. The van der Waals surface area contributed by atoms with Gasteiger partial charge in [0.2, 0.25) is 0 Å². The Morgan fingerprint density at radius 2 is 1.29 bits per heavy atom. The van der Waals surface area contributed by atoms with Crippen LogP contribution in [0.5, 0.6) is 0 Å². The first-order valence-electron chi connectivity index (χ1n) is 8.75. The number of methoxy groups -OCH3 is 2. The van der Waals surface area contributed by atoms with Gasteiger partial charge in [-0.1, -0.05) is 0 Å². The summed E-state index contributed by atoms with van der Waals surface area (Å²) in [6.07, 6.45) is 0.969. The highest BCUT2D eigenvalue weighted by Crippen LogP contribution is 2.67. The van der Waals surface area contributed by atoms with Crippen molar-refractivity contribution in [3.63, 3.8) is 0 Å². The van der Waals surface area contributed by atoms with E-state index in [0.29, 0.717) is 31.6 Å². The average molecular weight is 465 g/mol. The minimum atomic E-state index is -0.955. The number of fused-ring (bicyclic) bond motifs is 2. The number of hydrogen-bond donors (Lipinski definition) is 3. The van der Waals surface area contributed by atoms with E-state index < -0.39 is 14.1 Å². The molecule has 3 N–H and O–H groups in total. The van der Waals surface area contributed by atoms with E-state index in [4.69, 9.17) is 9.47 Å². The van der Waals surface area contributed by atoms with Crippen LogP contribution >= 0.6 is 47.0 Å². The number of carbonyl (C=O) groups is 1. The average Bonchev–Trinajstić information content (AvgIpc) is 3.16. The summed E-state index contributed by atoms with van der Waals surface area (Å²) in [6, 6.07) is 0. The molecule has 2 aliphatic heterocycles. The first-order valence-corrected chi connectivity index (χ1v) is 12.0. The minimum absolute atomic E-state index is 0.0105. The molecular formula is C18H24O6S4. The van der Waals surface area contributed by atoms with Crippen LogP contribution in [0.1, 0.15) is 28.8 Å². The van der Waals surface area contributed by atoms with Crippen molar-refractivity contribution in [1.82, 2.24) is 0 Å². The number of carboxylic acids is 1. The number of carboxylic acid groups (broad SMARTS) is 1. The molecule has 0 radical (unpaired) electrons. The van der Waals surface area contributed by atoms with Crippen LogP contribution in [0.3, 0.4) is 0 Å². The van der Waals surface area contributed by atoms with Gasteiger partial charge in [0.1, 0.15) is 4.08 Å². The monoisotopic (exact) mass is 464 g/mol. The maximum Gasteiger partial charge on any atom is 0.338 e. The first-order chi connectivity index (χ1) is 13.4. The van der Waals surface area contributed by atoms with Crippen LogP contribution in [-0.2, 0) is 9.47 Å². The topological polar surface area (TPSA) is 96.2 Å². The third-order valence-corrected chi connectivity index (χ3v) is 11.3. The quantitative estimate of drug-likeness (QED) is 0.503. The van der Waals surface area contributed by atoms with E-state index in [1.807, 2.05) is 6.92 Å². The summed E-state index contributed by atoms with van der Waals surface area (Å²) in [5, 5.41) is 29.1. The highest BCUT2D eigenvalue weighted by molar-refractivity contribution is 8.22. The molecule has 2 aliphatic rings. The highest BCUT2D eigenvalue weighted by atomic mass is 32.2. The fraction of sp³-hybridized carbons (Fsp3) is 0.611. The molecule has 0 aromatic heterocycles. The zero-order chi connectivity index (χ0) is 20.5. The Kier molecular flexibility index (Phi) is 7.24. The molecule has 0 saturated heterocycles. The lowest BCUT2D eigenvalue weighted by Crippen LogP contribution is -2.29. The number of benzene rings is 1. The second-order valence-corrected chi connectivity index (χ2v) is 12.8. The maximum absolute atomic E-state index is 12.3. The van der Waals surface area contributed by atoms with Gasteiger partial charge in [0.05, 0.1) is 22.9 Å². The Bertz CT molecular complexity index is 704. The van der Waals surface area contributed by atoms with Crippen molar-refractivity contribution in [1.29, 1.82) is 0 Å². The smallest absolute Gasteiger partial charge is 0.338 e. The molecule has 0 spiro atoms. The zero-order valence-corrected chi connectivity index (χ0v) is 19.2. The Balaban J connectivity index is 2.11. The molecule has 0 atom stereocenters. The van der Waals surface area contributed by atoms with Crippen LogP contribution in [0, 0.1) is 6.92 Å². The van der Waals surface area contributed by atoms with Crippen LogP contribution in [0.25, 0.3) is 0 Å². The lowest BCUT2D eigenvalue weighted by atomic mass is 10.1. The van der Waals surface area contributed by atoms with Crippen molar-refractivity contribution in [2.75, 3.05) is 40.6 Å². The third kappa shape index (κ3) is 3.94. The predicted molar refractivity (Wildman–Crippen MR) is 114 cm³/mol. The molecule has 0 fully saturated rings. The van der Waals surface area contributed by atoms with Crippen molar-refractivity contribution in [3.05, 3.63) is 11.1 Å². The number of aliphatic hydroxyl groups is 2. The summed E-state index contributed by atoms with van der Waals surface area (Å²) in [6.45, 7) is 2.88. The van der Waals surface area contributed by atoms with Crippen LogP contribution in [0.2, 0.25) is 0 Å². The SMILES string of the molecule is COCC1(COC)Sc2c(C)c3c(c(C(=O)O)c2S1)SC(CCO)(CCO)S3. The molecule has 156 valence electrons. The molecular weight excluding hydrogens is 440 g/mol. The van der Waals surface area contributed by atoms with E-state index in [9.17, 15) is 20.1 Å². The van der Waals surface area contributed by atoms with Crippen molar-refractivity contribution < 1.29 is 29.6 Å². The number of rotatable bonds is 9. The van der Waals surface area contributed by atoms with E-state index >= 15 is 0 Å². The fourth-order valence-electron chi connectivity index (χ4n) is 3.46. The third-order valence-electron chi connectivity index (χ3n) is 4.63. The standard InChI is InChI=1S/C18H24O6S4/c1-10-12-14(27-17(25-12,4-6-19)5-7-20)11(16(21)22)15-13(10)26-18(28-15,8-23-2)9-24-3/h19-20H,4-9H2,1-3H3,(H,21,22). The molecule has 6 nitrogen and oxygen atoms in total. The summed E-state index contributed by atoms with van der Waals surface area (Å²) in [5.74, 6) is -0.955. The normalized spacial score (nSPS) is 18.9. The number of hydrogen-bond acceptors (Lipinski definition) is 9. The summed E-state index contributed by atoms with van der Waals surface area (Å²) in [7, 11) is 3.27. The minimum Gasteiger partial charge on any atom is -0.478 e. The second-order valence-electron chi connectivity index (χ2n) is 6.66. The molecule has 2 heterocycles. The van der Waals surface area contributed by atoms with Crippen LogP contribution < -0.4 is 0 Å². The van der Waals surface area contributed by atoms with Crippen molar-refractivity contribution in [2.45, 2.75) is 47.5 Å². The summed E-state index contributed by atoms with van der Waals surface area (Å²) in [4.78, 5) is 15.7. The molecule has 0 unspecified atom stereocenters. The first kappa shape index (κ1) is 22.6. The van der Waals surface area contributed by atoms with Gasteiger partial charge in [-0.2, -0.15) is 0 Å². The van der Waals surface area contributed by atoms with E-state index in [0.717, 1.165) is 25.1 Å². The van der Waals surface area contributed by atoms with E-state index in [1.165, 1.54) is 23.5 Å². The van der Waals surface area contributed by atoms with Crippen molar-refractivity contribution in [3.8, 4) is 0 Å². The predicted octanol–water partition coefficient (Wildman–Crippen LogP) is 3.54. The molecule has 1 aromatic rings. The van der Waals surface area contributed by atoms with Gasteiger partial charge in [0.25, 0.3) is 0 Å². The van der Waals surface area contributed by atoms with E-state index in [-0.39, 0.29) is 13.2 Å². The lowest BCUT2D eigenvalue weighted by molar-refractivity contribution is 0.0688. The Morgan fingerprint density at radius 3 is 1.71 bits per heavy atom. The summed E-state index contributed by atoms with van der Waals surface area (Å²) in [5.41, 5.74) is 1.37. The van der Waals surface area contributed by atoms with Gasteiger partial charge in [0, 0.05) is 47.0 Å². The fourth-order valence-corrected chi connectivity index (χ4v) is 10.4. The molecule has 28 heavy (non-hydrogen) atoms. The summed E-state index contributed by atoms with van der Waals surface area (Å²) < 4.78 is 9.97. The van der Waals surface area contributed by atoms with E-state index in [2.05, 4.69) is 0 Å². The zero-order valence-electron chi connectivity index (χ0n) is 15.9. The van der Waals surface area contributed by atoms with Crippen LogP contribution in [0.4, 0.5) is 0 Å². The molecule has 1 aromatic carbocycles. The highest BCUT2D eigenvalue weighted by Gasteiger charge is 2.48. The molecule has 0 saturated carbocycles. The molecule has 3 rings (SSSR count). The number of aliphatic hydroxyl groups excluding tert-OH is 2. The van der Waals surface area contributed by atoms with Gasteiger partial charge in [-0.15, -0.1) is 47.0 Å². The van der Waals surface area contributed by atoms with E-state index in [1.54, 1.807) is 37.7 Å². The van der Waals surface area contributed by atoms with Gasteiger partial charge in [-0.25, -0.2) is 4.79 Å². The second kappa shape index (κ2) is 8.97. The van der Waals surface area contributed by atoms with Crippen LogP contribution in [-0.4, -0.2) is 70.1 Å². The molecule has 10 heteroatoms. The van der Waals surface area contributed by atoms with Gasteiger partial charge in [-0.05, 0) is 25.3 Å². The maximum atomic E-state index is 12.3. The van der Waals surface area contributed by atoms with Gasteiger partial charge in [-0.3, -0.25) is 0 Å². The Hall–Kier alpha value is -0.0700. The van der Waals surface area contributed by atoms with Gasteiger partial charge >= 0.3 is 5.97 Å². The molecule has 0 aliphatic carbocycles. The lowest BCUT2D eigenvalue weighted by Gasteiger charge is -2.26. The number of ether oxygens (including phenoxy) is 2. The molecule has 0 amide bonds.